The van der Waals surface area contributed by atoms with Gasteiger partial charge in [0.2, 0.25) is 0 Å². The van der Waals surface area contributed by atoms with E-state index in [1.54, 1.807) is 6.92 Å². The Bertz CT molecular complexity index is 715. The monoisotopic (exact) mass is 434 g/mol. The lowest BCUT2D eigenvalue weighted by molar-refractivity contribution is -0.128. The first-order chi connectivity index (χ1) is 12.6. The Kier molecular flexibility index (Phi) is 6.81. The van der Waals surface area contributed by atoms with Crippen LogP contribution in [0.4, 0.5) is 0 Å². The first-order valence-electron chi connectivity index (χ1n) is 9.86. The maximum atomic E-state index is 12.0. The summed E-state index contributed by atoms with van der Waals surface area (Å²) in [7, 11) is -4.19. The Hall–Kier alpha value is -0.440. The molecule has 162 valence electrons. The molecule has 0 N–H and O–H groups in total. The lowest BCUT2D eigenvalue weighted by Gasteiger charge is -2.32. The standard InChI is InChI=1S/C10H16O4S.C10H19O2S/c1-9(2)6-4-5-10(9,3)8(11)7(6)15(12,13)14;1-10(2,3)9(11)8-13-6-4-12-5-7-13/h6-7H,4-5H2,1-3H3,(H,12,13,14);4-8H2,1-3H3/q;+1/p-1. The number of ether oxygens (including phenoxy) is 1. The molecule has 0 aromatic heterocycles. The number of carbonyl (C=O) groups excluding carboxylic acids is 2. The molecule has 0 radical (unpaired) electrons. The molecule has 0 amide bonds. The van der Waals surface area contributed by atoms with Gasteiger partial charge in [-0.25, -0.2) is 8.42 Å². The molecule has 3 atom stereocenters. The van der Waals surface area contributed by atoms with Crippen LogP contribution >= 0.6 is 0 Å². The molecule has 1 aliphatic heterocycles. The molecule has 3 fully saturated rings. The van der Waals surface area contributed by atoms with Gasteiger partial charge in [0.05, 0.1) is 13.2 Å². The molecule has 0 aromatic rings. The van der Waals surface area contributed by atoms with Gasteiger partial charge < -0.3 is 9.29 Å². The van der Waals surface area contributed by atoms with Crippen LogP contribution in [0.2, 0.25) is 0 Å². The van der Waals surface area contributed by atoms with Gasteiger partial charge in [-0.15, -0.1) is 0 Å². The molecule has 1 heterocycles. The molecule has 3 rings (SSSR count). The third-order valence-corrected chi connectivity index (χ3v) is 10.3. The van der Waals surface area contributed by atoms with E-state index in [0.29, 0.717) is 29.5 Å². The minimum absolute atomic E-state index is 0.161. The van der Waals surface area contributed by atoms with E-state index in [2.05, 4.69) is 0 Å². The van der Waals surface area contributed by atoms with E-state index in [-0.39, 0.29) is 22.5 Å². The summed E-state index contributed by atoms with van der Waals surface area (Å²) in [4.78, 5) is 23.7. The second-order valence-corrected chi connectivity index (χ2v) is 13.8. The van der Waals surface area contributed by atoms with Gasteiger partial charge in [-0.05, 0) is 35.1 Å². The highest BCUT2D eigenvalue weighted by Crippen LogP contribution is 2.64. The lowest BCUT2D eigenvalue weighted by Crippen LogP contribution is -2.38. The molecular weight excluding hydrogens is 400 g/mol. The fraction of sp³-hybridized carbons (Fsp3) is 0.900. The van der Waals surface area contributed by atoms with Gasteiger partial charge in [-0.3, -0.25) is 9.59 Å². The summed E-state index contributed by atoms with van der Waals surface area (Å²) in [5.74, 6) is 2.69. The second kappa shape index (κ2) is 8.00. The van der Waals surface area contributed by atoms with Gasteiger partial charge in [0, 0.05) is 10.8 Å². The summed E-state index contributed by atoms with van der Waals surface area (Å²) in [5, 5.41) is -1.30. The van der Waals surface area contributed by atoms with Crippen LogP contribution < -0.4 is 0 Å². The fourth-order valence-corrected chi connectivity index (χ4v) is 7.84. The topological polar surface area (TPSA) is 101 Å². The smallest absolute Gasteiger partial charge is 0.187 e. The lowest BCUT2D eigenvalue weighted by atomic mass is 9.70. The highest BCUT2D eigenvalue weighted by atomic mass is 32.2. The predicted octanol–water partition coefficient (Wildman–Crippen LogP) is 2.18. The van der Waals surface area contributed by atoms with E-state index in [4.69, 9.17) is 4.74 Å². The summed E-state index contributed by atoms with van der Waals surface area (Å²) in [6.45, 7) is 13.3. The van der Waals surface area contributed by atoms with Crippen molar-refractivity contribution >= 4 is 32.6 Å². The van der Waals surface area contributed by atoms with Crippen LogP contribution in [-0.4, -0.2) is 60.3 Å². The molecule has 28 heavy (non-hydrogen) atoms. The van der Waals surface area contributed by atoms with Crippen molar-refractivity contribution in [3.05, 3.63) is 0 Å². The molecular formula is C20H34O6S2. The van der Waals surface area contributed by atoms with E-state index in [1.807, 2.05) is 34.6 Å². The van der Waals surface area contributed by atoms with Crippen LogP contribution in [0.25, 0.3) is 0 Å². The third-order valence-electron chi connectivity index (χ3n) is 6.99. The third kappa shape index (κ3) is 4.50. The molecule has 2 bridgehead atoms. The van der Waals surface area contributed by atoms with E-state index in [1.165, 1.54) is 0 Å². The van der Waals surface area contributed by atoms with Crippen LogP contribution in [0.5, 0.6) is 0 Å². The zero-order chi connectivity index (χ0) is 21.5. The van der Waals surface area contributed by atoms with Crippen molar-refractivity contribution in [1.29, 1.82) is 0 Å². The summed E-state index contributed by atoms with van der Waals surface area (Å²) < 4.78 is 38.5. The van der Waals surface area contributed by atoms with Crippen LogP contribution in [0.1, 0.15) is 54.4 Å². The number of hydrogen-bond acceptors (Lipinski definition) is 6. The van der Waals surface area contributed by atoms with Gasteiger partial charge in [-0.2, -0.15) is 0 Å². The van der Waals surface area contributed by atoms with Crippen molar-refractivity contribution in [2.45, 2.75) is 59.6 Å². The predicted molar refractivity (Wildman–Crippen MR) is 110 cm³/mol. The normalized spacial score (nSPS) is 32.8. The average molecular weight is 435 g/mol. The maximum Gasteiger partial charge on any atom is 0.187 e. The second-order valence-electron chi connectivity index (χ2n) is 9.93. The van der Waals surface area contributed by atoms with Gasteiger partial charge in [0.1, 0.15) is 26.9 Å². The first kappa shape index (κ1) is 23.8. The number of rotatable bonds is 3. The van der Waals surface area contributed by atoms with Crippen LogP contribution in [-0.2, 0) is 35.3 Å². The molecule has 6 nitrogen and oxygen atoms in total. The fourth-order valence-electron chi connectivity index (χ4n) is 4.44. The quantitative estimate of drug-likeness (QED) is 0.498. The first-order valence-corrected chi connectivity index (χ1v) is 13.1. The summed E-state index contributed by atoms with van der Waals surface area (Å²) >= 11 is 0. The van der Waals surface area contributed by atoms with E-state index in [9.17, 15) is 22.6 Å². The highest BCUT2D eigenvalue weighted by molar-refractivity contribution is 7.97. The van der Waals surface area contributed by atoms with Crippen LogP contribution in [0, 0.1) is 22.2 Å². The Labute approximate surface area is 172 Å². The number of hydrogen-bond donors (Lipinski definition) is 0. The van der Waals surface area contributed by atoms with Crippen molar-refractivity contribution in [1.82, 2.24) is 0 Å². The van der Waals surface area contributed by atoms with Crippen molar-refractivity contribution in [3.63, 3.8) is 0 Å². The summed E-state index contributed by atoms with van der Waals surface area (Å²) in [6, 6.07) is 0. The number of Topliss-reactive ketones (excluding diaryl/α,β-unsaturated/α-hetero) is 2. The Morgan fingerprint density at radius 3 is 2.11 bits per heavy atom. The Morgan fingerprint density at radius 1 is 1.21 bits per heavy atom. The van der Waals surface area contributed by atoms with E-state index < -0.39 is 20.8 Å². The van der Waals surface area contributed by atoms with Crippen molar-refractivity contribution < 1.29 is 27.3 Å². The van der Waals surface area contributed by atoms with E-state index in [0.717, 1.165) is 30.5 Å². The zero-order valence-corrected chi connectivity index (χ0v) is 19.5. The number of fused-ring (bicyclic) bond motifs is 2. The summed E-state index contributed by atoms with van der Waals surface area (Å²) in [6.07, 6.45) is 1.37. The molecule has 8 heteroatoms. The maximum absolute atomic E-state index is 12.0. The van der Waals surface area contributed by atoms with E-state index >= 15 is 0 Å². The van der Waals surface area contributed by atoms with Gasteiger partial charge >= 0.3 is 0 Å². The Morgan fingerprint density at radius 2 is 1.75 bits per heavy atom. The summed E-state index contributed by atoms with van der Waals surface area (Å²) in [5.41, 5.74) is -1.16. The van der Waals surface area contributed by atoms with Crippen LogP contribution in [0.3, 0.4) is 0 Å². The van der Waals surface area contributed by atoms with Crippen molar-refractivity contribution in [3.8, 4) is 0 Å². The largest absolute Gasteiger partial charge is 0.747 e. The van der Waals surface area contributed by atoms with Gasteiger partial charge in [-0.1, -0.05) is 41.5 Å². The minimum atomic E-state index is -4.49. The van der Waals surface area contributed by atoms with Crippen molar-refractivity contribution in [2.75, 3.05) is 30.5 Å². The molecule has 2 saturated carbocycles. The van der Waals surface area contributed by atoms with Crippen LogP contribution in [0.15, 0.2) is 0 Å². The zero-order valence-electron chi connectivity index (χ0n) is 17.9. The molecule has 3 aliphatic rings. The minimum Gasteiger partial charge on any atom is -0.747 e. The molecule has 0 spiro atoms. The Balaban J connectivity index is 0.000000203. The number of carbonyl (C=O) groups is 2. The average Bonchev–Trinajstić information content (AvgIpc) is 2.87. The highest BCUT2D eigenvalue weighted by Gasteiger charge is 2.67. The molecule has 3 unspecified atom stereocenters. The van der Waals surface area contributed by atoms with Gasteiger partial charge in [0.25, 0.3) is 0 Å². The molecule has 2 aliphatic carbocycles. The molecule has 0 aromatic carbocycles. The van der Waals surface area contributed by atoms with Crippen molar-refractivity contribution in [2.24, 2.45) is 22.2 Å². The number of ketones is 2. The van der Waals surface area contributed by atoms with Gasteiger partial charge in [0.15, 0.2) is 17.3 Å². The molecule has 1 saturated heterocycles. The SMILES string of the molecule is CC(C)(C)C(=O)C[S+]1CCOCC1.CC12CCC(C(S(=O)(=O)[O-])C1=O)C2(C)C.